The van der Waals surface area contributed by atoms with Crippen LogP contribution in [0.3, 0.4) is 0 Å². The average Bonchev–Trinajstić information content (AvgIpc) is 3.31. The first-order chi connectivity index (χ1) is 20.7. The fourth-order valence-electron chi connectivity index (χ4n) is 4.93. The number of benzene rings is 4. The molecule has 1 aliphatic heterocycles. The summed E-state index contributed by atoms with van der Waals surface area (Å²) in [5.74, 6) is -0.0557. The number of nitrogens with zero attached hydrogens (tertiary/aromatic N) is 1. The van der Waals surface area contributed by atoms with Crippen LogP contribution in [0, 0.1) is 0 Å². The van der Waals surface area contributed by atoms with Gasteiger partial charge in [0.15, 0.2) is 0 Å². The van der Waals surface area contributed by atoms with Crippen molar-refractivity contribution in [1.29, 1.82) is 0 Å². The molecule has 1 saturated heterocycles. The van der Waals surface area contributed by atoms with E-state index in [9.17, 15) is 18.0 Å². The highest BCUT2D eigenvalue weighted by atomic mass is 35.5. The molecular weight excluding hydrogens is 605 g/mol. The van der Waals surface area contributed by atoms with Gasteiger partial charge in [-0.15, -0.1) is 0 Å². The minimum absolute atomic E-state index is 0.0319. The number of amides is 3. The molecular formula is C33H29Cl2N3O4S. The smallest absolute Gasteiger partial charge is 0.328 e. The third kappa shape index (κ3) is 7.84. The third-order valence-corrected chi connectivity index (χ3v) is 9.04. The van der Waals surface area contributed by atoms with Gasteiger partial charge in [0.2, 0.25) is 5.91 Å². The zero-order valence-electron chi connectivity index (χ0n) is 23.0. The maximum Gasteiger partial charge on any atom is 0.328 e. The van der Waals surface area contributed by atoms with E-state index in [0.717, 1.165) is 22.3 Å². The quantitative estimate of drug-likeness (QED) is 0.199. The first-order valence-corrected chi connectivity index (χ1v) is 15.9. The zero-order chi connectivity index (χ0) is 30.4. The molecule has 4 aromatic rings. The van der Waals surface area contributed by atoms with Crippen LogP contribution >= 0.6 is 23.2 Å². The lowest BCUT2D eigenvalue weighted by Gasteiger charge is -2.25. The van der Waals surface area contributed by atoms with Crippen LogP contribution in [0.15, 0.2) is 114 Å². The Morgan fingerprint density at radius 2 is 1.47 bits per heavy atom. The van der Waals surface area contributed by atoms with Crippen molar-refractivity contribution >= 4 is 51.2 Å². The van der Waals surface area contributed by atoms with Crippen molar-refractivity contribution in [3.05, 3.63) is 141 Å². The van der Waals surface area contributed by atoms with Gasteiger partial charge in [0.1, 0.15) is 0 Å². The largest absolute Gasteiger partial charge is 0.333 e. The minimum atomic E-state index is -4.06. The summed E-state index contributed by atoms with van der Waals surface area (Å²) in [6.45, 7) is 0.625. The van der Waals surface area contributed by atoms with Crippen molar-refractivity contribution in [3.63, 3.8) is 0 Å². The summed E-state index contributed by atoms with van der Waals surface area (Å²) >= 11 is 12.1. The van der Waals surface area contributed by atoms with Crippen LogP contribution in [0.1, 0.15) is 34.7 Å². The number of carbonyl (C=O) groups is 2. The fourth-order valence-corrected chi connectivity index (χ4v) is 6.11. The molecule has 220 valence electrons. The molecule has 0 saturated carbocycles. The van der Waals surface area contributed by atoms with Gasteiger partial charge in [-0.2, -0.15) is 0 Å². The molecule has 5 rings (SSSR count). The topological polar surface area (TPSA) is 95.6 Å². The Kier molecular flexibility index (Phi) is 9.50. The van der Waals surface area contributed by atoms with E-state index >= 15 is 0 Å². The van der Waals surface area contributed by atoms with E-state index in [1.54, 1.807) is 24.3 Å². The number of hydrogen-bond acceptors (Lipinski definition) is 4. The number of hydrogen-bond donors (Lipinski definition) is 2. The molecule has 0 radical (unpaired) electrons. The molecule has 0 spiro atoms. The Balaban J connectivity index is 1.25. The molecule has 7 nitrogen and oxygen atoms in total. The van der Waals surface area contributed by atoms with E-state index in [4.69, 9.17) is 23.2 Å². The van der Waals surface area contributed by atoms with Gasteiger partial charge in [-0.1, -0.05) is 89.9 Å². The molecule has 1 fully saturated rings. The molecule has 10 heteroatoms. The molecule has 43 heavy (non-hydrogen) atoms. The van der Waals surface area contributed by atoms with Crippen molar-refractivity contribution in [2.24, 2.45) is 0 Å². The number of halogens is 2. The molecule has 0 bridgehead atoms. The second-order valence-electron chi connectivity index (χ2n) is 10.2. The Morgan fingerprint density at radius 1 is 0.837 bits per heavy atom. The number of nitrogens with one attached hydrogen (secondary N) is 2. The highest BCUT2D eigenvalue weighted by molar-refractivity contribution is 7.90. The predicted molar refractivity (Wildman–Crippen MR) is 169 cm³/mol. The van der Waals surface area contributed by atoms with E-state index in [1.165, 1.54) is 12.1 Å². The molecule has 2 N–H and O–H groups in total. The van der Waals surface area contributed by atoms with Crippen molar-refractivity contribution in [3.8, 4) is 0 Å². The van der Waals surface area contributed by atoms with E-state index in [-0.39, 0.29) is 23.4 Å². The zero-order valence-corrected chi connectivity index (χ0v) is 25.4. The minimum Gasteiger partial charge on any atom is -0.333 e. The van der Waals surface area contributed by atoms with Crippen LogP contribution in [-0.2, 0) is 27.8 Å². The van der Waals surface area contributed by atoms with Gasteiger partial charge in [-0.25, -0.2) is 17.9 Å². The SMILES string of the molecule is O=C(NCc1ccccc1)NS(=O)(=O)c1ccc(CCN2C(=O)/C(=C/c3ccc(Cl)cc3)CC2c2ccc(Cl)cc2)cc1. The molecule has 4 aromatic carbocycles. The summed E-state index contributed by atoms with van der Waals surface area (Å²) in [4.78, 5) is 27.6. The highest BCUT2D eigenvalue weighted by Gasteiger charge is 2.35. The van der Waals surface area contributed by atoms with E-state index in [0.29, 0.717) is 35.0 Å². The predicted octanol–water partition coefficient (Wildman–Crippen LogP) is 6.78. The van der Waals surface area contributed by atoms with Crippen molar-refractivity contribution in [2.75, 3.05) is 6.54 Å². The number of sulfonamides is 1. The maximum absolute atomic E-state index is 13.6. The second kappa shape index (κ2) is 13.5. The average molecular weight is 635 g/mol. The number of rotatable bonds is 9. The third-order valence-electron chi connectivity index (χ3n) is 7.19. The Morgan fingerprint density at radius 3 is 2.12 bits per heavy atom. The van der Waals surface area contributed by atoms with Crippen molar-refractivity contribution in [1.82, 2.24) is 14.9 Å². The van der Waals surface area contributed by atoms with Crippen LogP contribution in [0.2, 0.25) is 10.0 Å². The molecule has 1 unspecified atom stereocenters. The number of urea groups is 1. The monoisotopic (exact) mass is 633 g/mol. The van der Waals surface area contributed by atoms with Gasteiger partial charge >= 0.3 is 6.03 Å². The van der Waals surface area contributed by atoms with E-state index in [2.05, 4.69) is 5.32 Å². The van der Waals surface area contributed by atoms with Gasteiger partial charge in [-0.3, -0.25) is 4.79 Å². The van der Waals surface area contributed by atoms with Gasteiger partial charge in [0.05, 0.1) is 10.9 Å². The Bertz CT molecular complexity index is 1730. The van der Waals surface area contributed by atoms with E-state index in [1.807, 2.05) is 82.4 Å². The first-order valence-electron chi connectivity index (χ1n) is 13.6. The molecule has 0 aromatic heterocycles. The normalized spacial score (nSPS) is 16.0. The van der Waals surface area contributed by atoms with Gasteiger partial charge in [0.25, 0.3) is 10.0 Å². The number of carbonyl (C=O) groups excluding carboxylic acids is 2. The Labute approximate surface area is 261 Å². The molecule has 0 aliphatic carbocycles. The van der Waals surface area contributed by atoms with Crippen LogP contribution < -0.4 is 10.0 Å². The number of likely N-dealkylation sites (tertiary alicyclic amines) is 1. The lowest BCUT2D eigenvalue weighted by atomic mass is 10.0. The first kappa shape index (κ1) is 30.4. The summed E-state index contributed by atoms with van der Waals surface area (Å²) in [5, 5.41) is 3.80. The standard InChI is InChI=1S/C33H29Cl2N3O4S/c34-28-12-6-24(7-13-28)20-27-21-31(26-10-14-29(35)15-11-26)38(32(27)39)19-18-23-8-16-30(17-9-23)43(41,42)37-33(40)36-22-25-4-2-1-3-5-25/h1-17,20,31H,18-19,21-22H2,(H2,36,37,40)/b27-20+. The maximum atomic E-state index is 13.6. The molecule has 1 atom stereocenters. The molecule has 1 heterocycles. The summed E-state index contributed by atoms with van der Waals surface area (Å²) < 4.78 is 27.6. The van der Waals surface area contributed by atoms with E-state index < -0.39 is 16.1 Å². The summed E-state index contributed by atoms with van der Waals surface area (Å²) in [5.41, 5.74) is 4.27. The van der Waals surface area contributed by atoms with Crippen LogP contribution in [0.5, 0.6) is 0 Å². The summed E-state index contributed by atoms with van der Waals surface area (Å²) in [7, 11) is -4.06. The van der Waals surface area contributed by atoms with Crippen LogP contribution in [-0.4, -0.2) is 31.8 Å². The summed E-state index contributed by atoms with van der Waals surface area (Å²) in [6, 6.07) is 29.3. The van der Waals surface area contributed by atoms with Gasteiger partial charge in [-0.05, 0) is 71.1 Å². The fraction of sp³-hybridized carbons (Fsp3) is 0.152. The van der Waals surface area contributed by atoms with Crippen molar-refractivity contribution in [2.45, 2.75) is 30.3 Å². The van der Waals surface area contributed by atoms with Gasteiger partial charge in [0, 0.05) is 35.1 Å². The lowest BCUT2D eigenvalue weighted by molar-refractivity contribution is -0.126. The lowest BCUT2D eigenvalue weighted by Crippen LogP contribution is -2.39. The summed E-state index contributed by atoms with van der Waals surface area (Å²) in [6.07, 6.45) is 2.94. The van der Waals surface area contributed by atoms with Crippen LogP contribution in [0.4, 0.5) is 4.79 Å². The van der Waals surface area contributed by atoms with Crippen LogP contribution in [0.25, 0.3) is 6.08 Å². The highest BCUT2D eigenvalue weighted by Crippen LogP contribution is 2.37. The molecule has 3 amide bonds. The van der Waals surface area contributed by atoms with Gasteiger partial charge < -0.3 is 10.2 Å². The molecule has 1 aliphatic rings. The Hall–Kier alpha value is -4.11. The second-order valence-corrected chi connectivity index (χ2v) is 12.7. The van der Waals surface area contributed by atoms with Crippen molar-refractivity contribution < 1.29 is 18.0 Å².